The fourth-order valence-electron chi connectivity index (χ4n) is 3.37. The number of rotatable bonds is 4. The third kappa shape index (κ3) is 2.93. The van der Waals surface area contributed by atoms with Crippen molar-refractivity contribution in [3.8, 4) is 0 Å². The van der Waals surface area contributed by atoms with Gasteiger partial charge in [-0.3, -0.25) is 9.59 Å². The molecule has 4 heteroatoms. The van der Waals surface area contributed by atoms with Crippen molar-refractivity contribution < 1.29 is 9.59 Å². The number of unbranched alkanes of at least 4 members (excludes halogenated alkanes) is 1. The number of nitrogens with zero attached hydrogens (tertiary/aromatic N) is 1. The minimum atomic E-state index is -0.575. The van der Waals surface area contributed by atoms with E-state index in [-0.39, 0.29) is 24.4 Å². The third-order valence-electron chi connectivity index (χ3n) is 4.58. The summed E-state index contributed by atoms with van der Waals surface area (Å²) in [5.41, 5.74) is -0.575. The van der Waals surface area contributed by atoms with E-state index in [1.54, 1.807) is 0 Å². The van der Waals surface area contributed by atoms with E-state index in [4.69, 9.17) is 0 Å². The molecule has 1 N–H and O–H groups in total. The highest BCUT2D eigenvalue weighted by Crippen LogP contribution is 2.32. The van der Waals surface area contributed by atoms with Gasteiger partial charge in [-0.1, -0.05) is 39.0 Å². The van der Waals surface area contributed by atoms with E-state index >= 15 is 0 Å². The summed E-state index contributed by atoms with van der Waals surface area (Å²) in [4.78, 5) is 26.5. The molecule has 1 unspecified atom stereocenters. The van der Waals surface area contributed by atoms with Crippen LogP contribution in [0.25, 0.3) is 0 Å². The maximum atomic E-state index is 12.8. The van der Waals surface area contributed by atoms with Crippen molar-refractivity contribution in [2.45, 2.75) is 76.8 Å². The van der Waals surface area contributed by atoms with Gasteiger partial charge < -0.3 is 10.2 Å². The SMILES string of the molecule is CCCCC(C)N1CC(=O)NC2(CCCCC2)C1=O. The van der Waals surface area contributed by atoms with Crippen molar-refractivity contribution in [3.63, 3.8) is 0 Å². The molecule has 1 aliphatic carbocycles. The van der Waals surface area contributed by atoms with Crippen molar-refractivity contribution in [3.05, 3.63) is 0 Å². The van der Waals surface area contributed by atoms with E-state index in [0.717, 1.165) is 44.9 Å². The predicted molar refractivity (Wildman–Crippen MR) is 74.7 cm³/mol. The largest absolute Gasteiger partial charge is 0.340 e. The van der Waals surface area contributed by atoms with E-state index in [2.05, 4.69) is 19.2 Å². The summed E-state index contributed by atoms with van der Waals surface area (Å²) in [6.07, 6.45) is 8.13. The van der Waals surface area contributed by atoms with Gasteiger partial charge in [0.2, 0.25) is 11.8 Å². The second-order valence-electron chi connectivity index (χ2n) is 6.12. The van der Waals surface area contributed by atoms with Gasteiger partial charge in [0.1, 0.15) is 5.54 Å². The molecule has 108 valence electrons. The summed E-state index contributed by atoms with van der Waals surface area (Å²) in [5.74, 6) is 0.181. The minimum Gasteiger partial charge on any atom is -0.340 e. The lowest BCUT2D eigenvalue weighted by molar-refractivity contribution is -0.153. The fraction of sp³-hybridized carbons (Fsp3) is 0.867. The molecule has 2 amide bonds. The highest BCUT2D eigenvalue weighted by atomic mass is 16.2. The second-order valence-corrected chi connectivity index (χ2v) is 6.12. The van der Waals surface area contributed by atoms with Crippen LogP contribution in [0.4, 0.5) is 0 Å². The molecule has 1 aliphatic heterocycles. The van der Waals surface area contributed by atoms with Crippen LogP contribution in [0.15, 0.2) is 0 Å². The third-order valence-corrected chi connectivity index (χ3v) is 4.58. The van der Waals surface area contributed by atoms with Gasteiger partial charge in [0.25, 0.3) is 0 Å². The first-order valence-corrected chi connectivity index (χ1v) is 7.71. The van der Waals surface area contributed by atoms with E-state index in [1.807, 2.05) is 4.90 Å². The Labute approximate surface area is 115 Å². The number of piperazine rings is 1. The molecule has 1 heterocycles. The molecule has 1 spiro atoms. The van der Waals surface area contributed by atoms with Crippen molar-refractivity contribution in [1.29, 1.82) is 0 Å². The molecule has 19 heavy (non-hydrogen) atoms. The first-order chi connectivity index (χ1) is 9.09. The number of carbonyl (C=O) groups excluding carboxylic acids is 2. The topological polar surface area (TPSA) is 49.4 Å². The Morgan fingerprint density at radius 1 is 1.26 bits per heavy atom. The van der Waals surface area contributed by atoms with Crippen LogP contribution in [-0.4, -0.2) is 34.8 Å². The molecule has 0 radical (unpaired) electrons. The second kappa shape index (κ2) is 5.93. The molecule has 1 atom stereocenters. The molecule has 0 aromatic rings. The zero-order valence-corrected chi connectivity index (χ0v) is 12.2. The van der Waals surface area contributed by atoms with E-state index in [1.165, 1.54) is 6.42 Å². The lowest BCUT2D eigenvalue weighted by Crippen LogP contribution is -2.68. The van der Waals surface area contributed by atoms with Crippen molar-refractivity contribution in [1.82, 2.24) is 10.2 Å². The number of nitrogens with one attached hydrogen (secondary N) is 1. The van der Waals surface area contributed by atoms with Crippen molar-refractivity contribution in [2.75, 3.05) is 6.54 Å². The molecular formula is C15H26N2O2. The maximum absolute atomic E-state index is 12.8. The summed E-state index contributed by atoms with van der Waals surface area (Å²) >= 11 is 0. The van der Waals surface area contributed by atoms with Gasteiger partial charge >= 0.3 is 0 Å². The van der Waals surface area contributed by atoms with Gasteiger partial charge in [-0.15, -0.1) is 0 Å². The van der Waals surface area contributed by atoms with Gasteiger partial charge in [-0.2, -0.15) is 0 Å². The summed E-state index contributed by atoms with van der Waals surface area (Å²) in [5, 5.41) is 2.99. The molecule has 2 aliphatic rings. The van der Waals surface area contributed by atoms with E-state index in [0.29, 0.717) is 0 Å². The molecule has 1 saturated heterocycles. The zero-order valence-electron chi connectivity index (χ0n) is 12.2. The number of hydrogen-bond acceptors (Lipinski definition) is 2. The summed E-state index contributed by atoms with van der Waals surface area (Å²) < 4.78 is 0. The van der Waals surface area contributed by atoms with Crippen molar-refractivity contribution in [2.24, 2.45) is 0 Å². The van der Waals surface area contributed by atoms with Crippen LogP contribution in [0.3, 0.4) is 0 Å². The molecule has 4 nitrogen and oxygen atoms in total. The zero-order chi connectivity index (χ0) is 13.9. The normalized spacial score (nSPS) is 24.4. The Bertz CT molecular complexity index is 348. The van der Waals surface area contributed by atoms with Crippen LogP contribution in [0.1, 0.15) is 65.2 Å². The van der Waals surface area contributed by atoms with Crippen LogP contribution >= 0.6 is 0 Å². The Morgan fingerprint density at radius 2 is 1.95 bits per heavy atom. The van der Waals surface area contributed by atoms with Crippen LogP contribution in [0.2, 0.25) is 0 Å². The lowest BCUT2D eigenvalue weighted by Gasteiger charge is -2.46. The van der Waals surface area contributed by atoms with Crippen LogP contribution in [-0.2, 0) is 9.59 Å². The molecule has 0 aromatic carbocycles. The first kappa shape index (κ1) is 14.4. The minimum absolute atomic E-state index is 0.0184. The molecular weight excluding hydrogens is 240 g/mol. The molecule has 1 saturated carbocycles. The Hall–Kier alpha value is -1.06. The Kier molecular flexibility index (Phi) is 4.48. The standard InChI is InChI=1S/C15H26N2O2/c1-3-4-8-12(2)17-11-13(18)16-15(14(17)19)9-6-5-7-10-15/h12H,3-11H2,1-2H3,(H,16,18). The van der Waals surface area contributed by atoms with Gasteiger partial charge in [0, 0.05) is 6.04 Å². The van der Waals surface area contributed by atoms with E-state index < -0.39 is 5.54 Å². The molecule has 0 aromatic heterocycles. The highest BCUT2D eigenvalue weighted by molar-refractivity contribution is 5.98. The highest BCUT2D eigenvalue weighted by Gasteiger charge is 2.47. The summed E-state index contributed by atoms with van der Waals surface area (Å²) in [7, 11) is 0. The number of carbonyl (C=O) groups is 2. The monoisotopic (exact) mass is 266 g/mol. The average molecular weight is 266 g/mol. The quantitative estimate of drug-likeness (QED) is 0.848. The smallest absolute Gasteiger partial charge is 0.249 e. The Balaban J connectivity index is 2.11. The average Bonchev–Trinajstić information content (AvgIpc) is 2.41. The summed E-state index contributed by atoms with van der Waals surface area (Å²) in [6.45, 7) is 4.47. The van der Waals surface area contributed by atoms with Crippen molar-refractivity contribution >= 4 is 11.8 Å². The number of amides is 2. The summed E-state index contributed by atoms with van der Waals surface area (Å²) in [6, 6.07) is 0.178. The molecule has 2 rings (SSSR count). The first-order valence-electron chi connectivity index (χ1n) is 7.71. The fourth-order valence-corrected chi connectivity index (χ4v) is 3.37. The molecule has 2 fully saturated rings. The maximum Gasteiger partial charge on any atom is 0.249 e. The van der Waals surface area contributed by atoms with Crippen LogP contribution in [0, 0.1) is 0 Å². The lowest BCUT2D eigenvalue weighted by atomic mass is 9.79. The number of hydrogen-bond donors (Lipinski definition) is 1. The molecule has 0 bridgehead atoms. The van der Waals surface area contributed by atoms with Gasteiger partial charge in [-0.25, -0.2) is 0 Å². The van der Waals surface area contributed by atoms with Crippen LogP contribution < -0.4 is 5.32 Å². The van der Waals surface area contributed by atoms with Gasteiger partial charge in [0.05, 0.1) is 6.54 Å². The predicted octanol–water partition coefficient (Wildman–Crippen LogP) is 2.23. The van der Waals surface area contributed by atoms with E-state index in [9.17, 15) is 9.59 Å². The van der Waals surface area contributed by atoms with Gasteiger partial charge in [0.15, 0.2) is 0 Å². The van der Waals surface area contributed by atoms with Crippen LogP contribution in [0.5, 0.6) is 0 Å². The Morgan fingerprint density at radius 3 is 2.58 bits per heavy atom. The van der Waals surface area contributed by atoms with Gasteiger partial charge in [-0.05, 0) is 26.2 Å².